The molecule has 4 nitrogen and oxygen atoms in total. The van der Waals surface area contributed by atoms with Crippen molar-refractivity contribution in [3.8, 4) is 0 Å². The van der Waals surface area contributed by atoms with Gasteiger partial charge in [0.1, 0.15) is 0 Å². The molecule has 1 fully saturated rings. The second-order valence-corrected chi connectivity index (χ2v) is 5.12. The summed E-state index contributed by atoms with van der Waals surface area (Å²) in [5, 5.41) is 9.38. The van der Waals surface area contributed by atoms with Crippen LogP contribution in [0.25, 0.3) is 0 Å². The summed E-state index contributed by atoms with van der Waals surface area (Å²) in [5.41, 5.74) is 0. The van der Waals surface area contributed by atoms with E-state index in [9.17, 15) is 9.90 Å². The van der Waals surface area contributed by atoms with Gasteiger partial charge in [-0.3, -0.25) is 9.69 Å². The maximum atomic E-state index is 11.5. The lowest BCUT2D eigenvalue weighted by Gasteiger charge is -2.32. The van der Waals surface area contributed by atoms with E-state index in [1.807, 2.05) is 0 Å². The van der Waals surface area contributed by atoms with Crippen LogP contribution in [0.1, 0.15) is 34.1 Å². The number of aliphatic hydroxyl groups is 1. The smallest absolute Gasteiger partial charge is 0.225 e. The second kappa shape index (κ2) is 5.64. The van der Waals surface area contributed by atoms with Crippen LogP contribution in [0.15, 0.2) is 0 Å². The van der Waals surface area contributed by atoms with Gasteiger partial charge in [0.05, 0.1) is 12.5 Å². The van der Waals surface area contributed by atoms with Crippen molar-refractivity contribution in [2.45, 2.75) is 52.3 Å². The van der Waals surface area contributed by atoms with E-state index in [4.69, 9.17) is 0 Å². The molecular weight excluding hydrogens is 204 g/mol. The van der Waals surface area contributed by atoms with E-state index in [1.165, 1.54) is 0 Å². The van der Waals surface area contributed by atoms with Crippen molar-refractivity contribution in [2.24, 2.45) is 0 Å². The largest absolute Gasteiger partial charge is 0.391 e. The monoisotopic (exact) mass is 228 g/mol. The molecule has 1 N–H and O–H groups in total. The molecule has 1 atom stereocenters. The van der Waals surface area contributed by atoms with Crippen LogP contribution >= 0.6 is 0 Å². The molecule has 0 aliphatic carbocycles. The molecular formula is C12H24N2O2. The molecule has 0 aromatic rings. The molecule has 16 heavy (non-hydrogen) atoms. The Bertz CT molecular complexity index is 233. The van der Waals surface area contributed by atoms with Gasteiger partial charge in [-0.2, -0.15) is 0 Å². The minimum absolute atomic E-state index is 0.0833. The maximum absolute atomic E-state index is 11.5. The lowest BCUT2D eigenvalue weighted by Crippen LogP contribution is -2.43. The number of nitrogens with zero attached hydrogens (tertiary/aromatic N) is 2. The number of hydrogen-bond donors (Lipinski definition) is 1. The van der Waals surface area contributed by atoms with Crippen LogP contribution in [-0.4, -0.2) is 58.6 Å². The van der Waals surface area contributed by atoms with E-state index >= 15 is 0 Å². The zero-order valence-corrected chi connectivity index (χ0v) is 10.8. The number of carbonyl (C=O) groups excluding carboxylic acids is 1. The average molecular weight is 228 g/mol. The number of carbonyl (C=O) groups is 1. The zero-order valence-electron chi connectivity index (χ0n) is 10.8. The van der Waals surface area contributed by atoms with Crippen LogP contribution < -0.4 is 0 Å². The Hall–Kier alpha value is -0.610. The molecule has 1 aliphatic heterocycles. The third-order valence-electron chi connectivity index (χ3n) is 3.15. The topological polar surface area (TPSA) is 43.8 Å². The standard InChI is InChI=1S/C12H24N2O2/c1-9(2)14(10(3)4)6-5-13-8-11(15)7-12(13)16/h9-11,15H,5-8H2,1-4H3. The summed E-state index contributed by atoms with van der Waals surface area (Å²) in [6, 6.07) is 0.977. The van der Waals surface area contributed by atoms with E-state index in [0.29, 0.717) is 25.0 Å². The van der Waals surface area contributed by atoms with Gasteiger partial charge in [-0.15, -0.1) is 0 Å². The quantitative estimate of drug-likeness (QED) is 0.753. The fourth-order valence-corrected chi connectivity index (χ4v) is 2.32. The third kappa shape index (κ3) is 3.46. The summed E-state index contributed by atoms with van der Waals surface area (Å²) in [4.78, 5) is 15.6. The van der Waals surface area contributed by atoms with Gasteiger partial charge in [-0.05, 0) is 27.7 Å². The van der Waals surface area contributed by atoms with Crippen molar-refractivity contribution in [3.05, 3.63) is 0 Å². The van der Waals surface area contributed by atoms with E-state index < -0.39 is 6.10 Å². The number of amides is 1. The maximum Gasteiger partial charge on any atom is 0.225 e. The summed E-state index contributed by atoms with van der Waals surface area (Å²) in [7, 11) is 0. The Labute approximate surface area is 98.2 Å². The summed E-state index contributed by atoms with van der Waals surface area (Å²) in [6.45, 7) is 10.8. The van der Waals surface area contributed by atoms with Gasteiger partial charge in [0.25, 0.3) is 0 Å². The van der Waals surface area contributed by atoms with E-state index in [2.05, 4.69) is 32.6 Å². The van der Waals surface area contributed by atoms with Crippen LogP contribution in [0.5, 0.6) is 0 Å². The Morgan fingerprint density at radius 2 is 1.94 bits per heavy atom. The lowest BCUT2D eigenvalue weighted by atomic mass is 10.2. The Balaban J connectivity index is 2.41. The molecule has 1 unspecified atom stereocenters. The van der Waals surface area contributed by atoms with Gasteiger partial charge in [-0.1, -0.05) is 0 Å². The first-order valence-electron chi connectivity index (χ1n) is 6.13. The molecule has 1 saturated heterocycles. The average Bonchev–Trinajstić information content (AvgIpc) is 2.44. The predicted octanol–water partition coefficient (Wildman–Crippen LogP) is 0.698. The molecule has 0 radical (unpaired) electrons. The Morgan fingerprint density at radius 3 is 2.31 bits per heavy atom. The SMILES string of the molecule is CC(C)N(CCN1CC(O)CC1=O)C(C)C. The summed E-state index contributed by atoms with van der Waals surface area (Å²) in [6.07, 6.45) is -0.164. The van der Waals surface area contributed by atoms with Crippen LogP contribution in [-0.2, 0) is 4.79 Å². The van der Waals surface area contributed by atoms with Crippen molar-refractivity contribution in [1.29, 1.82) is 0 Å². The molecule has 94 valence electrons. The van der Waals surface area contributed by atoms with Crippen LogP contribution in [0.2, 0.25) is 0 Å². The van der Waals surface area contributed by atoms with Crippen LogP contribution in [0, 0.1) is 0 Å². The highest BCUT2D eigenvalue weighted by Crippen LogP contribution is 2.12. The van der Waals surface area contributed by atoms with Crippen molar-refractivity contribution in [1.82, 2.24) is 9.80 Å². The van der Waals surface area contributed by atoms with Crippen molar-refractivity contribution in [3.63, 3.8) is 0 Å². The normalized spacial score (nSPS) is 21.9. The number of aliphatic hydroxyl groups excluding tert-OH is 1. The highest BCUT2D eigenvalue weighted by molar-refractivity contribution is 5.78. The highest BCUT2D eigenvalue weighted by atomic mass is 16.3. The Morgan fingerprint density at radius 1 is 1.38 bits per heavy atom. The molecule has 0 spiro atoms. The lowest BCUT2D eigenvalue weighted by molar-refractivity contribution is -0.128. The molecule has 1 rings (SSSR count). The molecule has 4 heteroatoms. The minimum Gasteiger partial charge on any atom is -0.391 e. The van der Waals surface area contributed by atoms with Gasteiger partial charge in [0, 0.05) is 31.7 Å². The first kappa shape index (κ1) is 13.5. The van der Waals surface area contributed by atoms with Gasteiger partial charge in [-0.25, -0.2) is 0 Å². The predicted molar refractivity (Wildman–Crippen MR) is 64.2 cm³/mol. The molecule has 1 amide bonds. The van der Waals surface area contributed by atoms with Gasteiger partial charge >= 0.3 is 0 Å². The molecule has 1 heterocycles. The number of likely N-dealkylation sites (tertiary alicyclic amines) is 1. The van der Waals surface area contributed by atoms with E-state index in [-0.39, 0.29) is 5.91 Å². The molecule has 0 aromatic heterocycles. The fraction of sp³-hybridized carbons (Fsp3) is 0.917. The molecule has 1 aliphatic rings. The molecule has 0 bridgehead atoms. The summed E-state index contributed by atoms with van der Waals surface area (Å²) < 4.78 is 0. The number of rotatable bonds is 5. The number of β-amino-alcohol motifs (C(OH)–C–C–N with tert-alkyl or cyclic N) is 1. The second-order valence-electron chi connectivity index (χ2n) is 5.12. The third-order valence-corrected chi connectivity index (χ3v) is 3.15. The zero-order chi connectivity index (χ0) is 12.3. The fourth-order valence-electron chi connectivity index (χ4n) is 2.32. The van der Waals surface area contributed by atoms with Crippen molar-refractivity contribution >= 4 is 5.91 Å². The van der Waals surface area contributed by atoms with Gasteiger partial charge < -0.3 is 10.0 Å². The summed E-state index contributed by atoms with van der Waals surface area (Å²) >= 11 is 0. The van der Waals surface area contributed by atoms with Gasteiger partial charge in [0.2, 0.25) is 5.91 Å². The Kier molecular flexibility index (Phi) is 4.74. The first-order valence-corrected chi connectivity index (χ1v) is 6.13. The van der Waals surface area contributed by atoms with E-state index in [1.54, 1.807) is 4.90 Å². The first-order chi connectivity index (χ1) is 7.41. The van der Waals surface area contributed by atoms with E-state index in [0.717, 1.165) is 13.1 Å². The van der Waals surface area contributed by atoms with Crippen molar-refractivity contribution < 1.29 is 9.90 Å². The van der Waals surface area contributed by atoms with Crippen molar-refractivity contribution in [2.75, 3.05) is 19.6 Å². The van der Waals surface area contributed by atoms with Crippen LogP contribution in [0.4, 0.5) is 0 Å². The van der Waals surface area contributed by atoms with Crippen LogP contribution in [0.3, 0.4) is 0 Å². The molecule has 0 aromatic carbocycles. The highest BCUT2D eigenvalue weighted by Gasteiger charge is 2.28. The number of hydrogen-bond acceptors (Lipinski definition) is 3. The summed E-state index contributed by atoms with van der Waals surface area (Å²) in [5.74, 6) is 0.0833. The molecule has 0 saturated carbocycles. The van der Waals surface area contributed by atoms with Gasteiger partial charge in [0.15, 0.2) is 0 Å². The minimum atomic E-state index is -0.459.